The van der Waals surface area contributed by atoms with Gasteiger partial charge in [0.15, 0.2) is 0 Å². The van der Waals surface area contributed by atoms with Crippen LogP contribution in [0.1, 0.15) is 40.0 Å². The summed E-state index contributed by atoms with van der Waals surface area (Å²) in [6, 6.07) is 0. The van der Waals surface area contributed by atoms with E-state index in [2.05, 4.69) is 46.6 Å². The maximum atomic E-state index is 3.95. The van der Waals surface area contributed by atoms with Gasteiger partial charge in [-0.2, -0.15) is 0 Å². The summed E-state index contributed by atoms with van der Waals surface area (Å²) >= 11 is 0. The van der Waals surface area contributed by atoms with E-state index in [9.17, 15) is 0 Å². The molecule has 3 unspecified atom stereocenters. The number of allylic oxidation sites excluding steroid dienone is 3. The van der Waals surface area contributed by atoms with Gasteiger partial charge in [0.1, 0.15) is 0 Å². The summed E-state index contributed by atoms with van der Waals surface area (Å²) < 4.78 is 0. The third-order valence-electron chi connectivity index (χ3n) is 3.08. The first kappa shape index (κ1) is 14.2. The Morgan fingerprint density at radius 1 is 1.20 bits per heavy atom. The van der Waals surface area contributed by atoms with Crippen LogP contribution in [0.15, 0.2) is 37.5 Å². The van der Waals surface area contributed by atoms with E-state index in [0.29, 0.717) is 17.8 Å². The van der Waals surface area contributed by atoms with Crippen molar-refractivity contribution in [3.8, 4) is 0 Å². The van der Waals surface area contributed by atoms with Crippen LogP contribution < -0.4 is 0 Å². The molecule has 0 aromatic heterocycles. The summed E-state index contributed by atoms with van der Waals surface area (Å²) in [5, 5.41) is 0. The zero-order chi connectivity index (χ0) is 11.8. The van der Waals surface area contributed by atoms with Crippen LogP contribution in [0.4, 0.5) is 0 Å². The van der Waals surface area contributed by atoms with Crippen LogP contribution in [0.2, 0.25) is 0 Å². The molecule has 0 aliphatic rings. The quantitative estimate of drug-likeness (QED) is 0.491. The molecule has 0 nitrogen and oxygen atoms in total. The highest BCUT2D eigenvalue weighted by atomic mass is 14.2. The molecular weight excluding hydrogens is 180 g/mol. The highest BCUT2D eigenvalue weighted by molar-refractivity contribution is 4.93. The van der Waals surface area contributed by atoms with Crippen molar-refractivity contribution in [2.75, 3.05) is 0 Å². The van der Waals surface area contributed by atoms with Crippen LogP contribution in [0, 0.1) is 17.8 Å². The summed E-state index contributed by atoms with van der Waals surface area (Å²) in [6.07, 6.45) is 7.64. The minimum atomic E-state index is 0.604. The normalized spacial score (nSPS) is 16.5. The smallest absolute Gasteiger partial charge is 0.0207 e. The lowest BCUT2D eigenvalue weighted by Gasteiger charge is -2.22. The van der Waals surface area contributed by atoms with Gasteiger partial charge in [-0.25, -0.2) is 0 Å². The molecular formula is C15H26. The van der Waals surface area contributed by atoms with Gasteiger partial charge in [0, 0.05) is 0 Å². The topological polar surface area (TPSA) is 0 Å². The van der Waals surface area contributed by atoms with Gasteiger partial charge in [0.05, 0.1) is 0 Å². The molecule has 0 rings (SSSR count). The lowest BCUT2D eigenvalue weighted by Crippen LogP contribution is -2.12. The van der Waals surface area contributed by atoms with Crippen LogP contribution in [0.25, 0.3) is 0 Å². The maximum Gasteiger partial charge on any atom is -0.0207 e. The van der Waals surface area contributed by atoms with Crippen molar-refractivity contribution in [3.05, 3.63) is 37.5 Å². The Labute approximate surface area is 95.8 Å². The first-order chi connectivity index (χ1) is 7.01. The van der Waals surface area contributed by atoms with Crippen molar-refractivity contribution >= 4 is 0 Å². The molecule has 0 aliphatic carbocycles. The summed E-state index contributed by atoms with van der Waals surface area (Å²) in [4.78, 5) is 0. The Bertz CT molecular complexity index is 212. The summed E-state index contributed by atoms with van der Waals surface area (Å²) in [5.74, 6) is 1.91. The van der Waals surface area contributed by atoms with E-state index in [-0.39, 0.29) is 0 Å². The third-order valence-corrected chi connectivity index (χ3v) is 3.08. The monoisotopic (exact) mass is 206 g/mol. The standard InChI is InChI=1S/C15H26/c1-7-13(5)11-14(6)15(8-2)10-9-12(3)4/h7-8,13-15H,1-3,9-11H2,4-6H3. The lowest BCUT2D eigenvalue weighted by molar-refractivity contribution is 0.351. The Morgan fingerprint density at radius 3 is 2.20 bits per heavy atom. The first-order valence-electron chi connectivity index (χ1n) is 5.90. The van der Waals surface area contributed by atoms with Gasteiger partial charge in [0.2, 0.25) is 0 Å². The molecule has 86 valence electrons. The molecule has 15 heavy (non-hydrogen) atoms. The summed E-state index contributed by atoms with van der Waals surface area (Å²) in [5.41, 5.74) is 1.27. The average molecular weight is 206 g/mol. The van der Waals surface area contributed by atoms with E-state index in [1.54, 1.807) is 0 Å². The third kappa shape index (κ3) is 6.33. The molecule has 0 saturated heterocycles. The second-order valence-electron chi connectivity index (χ2n) is 4.82. The molecule has 0 aromatic carbocycles. The van der Waals surface area contributed by atoms with Crippen molar-refractivity contribution in [2.24, 2.45) is 17.8 Å². The van der Waals surface area contributed by atoms with Gasteiger partial charge in [-0.3, -0.25) is 0 Å². The van der Waals surface area contributed by atoms with E-state index in [1.165, 1.54) is 18.4 Å². The summed E-state index contributed by atoms with van der Waals surface area (Å²) in [6.45, 7) is 18.3. The minimum Gasteiger partial charge on any atom is -0.103 e. The second kappa shape index (κ2) is 7.50. The predicted octanol–water partition coefficient (Wildman–Crippen LogP) is 4.99. The molecule has 0 aromatic rings. The van der Waals surface area contributed by atoms with E-state index in [4.69, 9.17) is 0 Å². The maximum absolute atomic E-state index is 3.95. The lowest BCUT2D eigenvalue weighted by atomic mass is 9.83. The number of hydrogen-bond acceptors (Lipinski definition) is 0. The number of hydrogen-bond donors (Lipinski definition) is 0. The van der Waals surface area contributed by atoms with Crippen molar-refractivity contribution in [1.29, 1.82) is 0 Å². The van der Waals surface area contributed by atoms with Gasteiger partial charge in [-0.15, -0.1) is 19.7 Å². The van der Waals surface area contributed by atoms with Gasteiger partial charge in [-0.05, 0) is 43.9 Å². The Balaban J connectivity index is 4.08. The molecule has 0 N–H and O–H groups in total. The van der Waals surface area contributed by atoms with Crippen molar-refractivity contribution in [1.82, 2.24) is 0 Å². The molecule has 0 amide bonds. The highest BCUT2D eigenvalue weighted by Gasteiger charge is 2.15. The first-order valence-corrected chi connectivity index (χ1v) is 5.90. The SMILES string of the molecule is C=CC(C)CC(C)C(C=C)CCC(=C)C. The molecule has 0 saturated carbocycles. The largest absolute Gasteiger partial charge is 0.103 e. The summed E-state index contributed by atoms with van der Waals surface area (Å²) in [7, 11) is 0. The fourth-order valence-corrected chi connectivity index (χ4v) is 1.91. The van der Waals surface area contributed by atoms with Crippen LogP contribution in [0.5, 0.6) is 0 Å². The highest BCUT2D eigenvalue weighted by Crippen LogP contribution is 2.26. The minimum absolute atomic E-state index is 0.604. The Hall–Kier alpha value is -0.780. The van der Waals surface area contributed by atoms with Gasteiger partial charge in [-0.1, -0.05) is 31.6 Å². The van der Waals surface area contributed by atoms with Gasteiger partial charge >= 0.3 is 0 Å². The molecule has 3 atom stereocenters. The van der Waals surface area contributed by atoms with E-state index in [1.807, 2.05) is 6.08 Å². The predicted molar refractivity (Wildman–Crippen MR) is 70.9 cm³/mol. The molecule has 0 heteroatoms. The van der Waals surface area contributed by atoms with E-state index >= 15 is 0 Å². The molecule has 0 bridgehead atoms. The molecule has 0 heterocycles. The van der Waals surface area contributed by atoms with Crippen LogP contribution >= 0.6 is 0 Å². The van der Waals surface area contributed by atoms with Crippen molar-refractivity contribution in [3.63, 3.8) is 0 Å². The fourth-order valence-electron chi connectivity index (χ4n) is 1.91. The zero-order valence-electron chi connectivity index (χ0n) is 10.6. The fraction of sp³-hybridized carbons (Fsp3) is 0.600. The van der Waals surface area contributed by atoms with Gasteiger partial charge < -0.3 is 0 Å². The number of rotatable bonds is 8. The second-order valence-corrected chi connectivity index (χ2v) is 4.82. The van der Waals surface area contributed by atoms with Crippen LogP contribution in [-0.2, 0) is 0 Å². The molecule has 0 spiro atoms. The Kier molecular flexibility index (Phi) is 7.11. The Morgan fingerprint density at radius 2 is 1.80 bits per heavy atom. The van der Waals surface area contributed by atoms with Crippen LogP contribution in [-0.4, -0.2) is 0 Å². The van der Waals surface area contributed by atoms with E-state index in [0.717, 1.165) is 6.42 Å². The van der Waals surface area contributed by atoms with Gasteiger partial charge in [0.25, 0.3) is 0 Å². The zero-order valence-corrected chi connectivity index (χ0v) is 10.6. The van der Waals surface area contributed by atoms with Crippen LogP contribution in [0.3, 0.4) is 0 Å². The van der Waals surface area contributed by atoms with E-state index < -0.39 is 0 Å². The molecule has 0 fully saturated rings. The van der Waals surface area contributed by atoms with Crippen molar-refractivity contribution in [2.45, 2.75) is 40.0 Å². The van der Waals surface area contributed by atoms with Crippen molar-refractivity contribution < 1.29 is 0 Å². The molecule has 0 aliphatic heterocycles. The molecule has 0 radical (unpaired) electrons. The average Bonchev–Trinajstić information content (AvgIpc) is 2.18.